The van der Waals surface area contributed by atoms with Gasteiger partial charge in [0.05, 0.1) is 6.20 Å². The van der Waals surface area contributed by atoms with E-state index in [0.29, 0.717) is 18.3 Å². The van der Waals surface area contributed by atoms with E-state index < -0.39 is 0 Å². The van der Waals surface area contributed by atoms with Crippen molar-refractivity contribution >= 4 is 11.9 Å². The molecule has 4 rings (SSSR count). The zero-order chi connectivity index (χ0) is 20.8. The summed E-state index contributed by atoms with van der Waals surface area (Å²) in [5.41, 5.74) is 1.00. The summed E-state index contributed by atoms with van der Waals surface area (Å²) in [6, 6.07) is 10.1. The van der Waals surface area contributed by atoms with E-state index in [1.54, 1.807) is 6.20 Å². The molecule has 2 N–H and O–H groups in total. The molecule has 0 bridgehead atoms. The Kier molecular flexibility index (Phi) is 6.67. The Hall–Kier alpha value is -2.83. The molecule has 30 heavy (non-hydrogen) atoms. The van der Waals surface area contributed by atoms with Gasteiger partial charge in [0.2, 0.25) is 11.8 Å². The van der Waals surface area contributed by atoms with Crippen LogP contribution in [-0.2, 0) is 11.3 Å². The number of likely N-dealkylation sites (tertiary alicyclic amines) is 1. The second kappa shape index (κ2) is 9.78. The number of oxazole rings is 1. The maximum Gasteiger partial charge on any atom is 0.225 e. The first kappa shape index (κ1) is 20.4. The van der Waals surface area contributed by atoms with Crippen molar-refractivity contribution in [2.75, 3.05) is 19.6 Å². The molecule has 2 heterocycles. The van der Waals surface area contributed by atoms with Crippen LogP contribution in [0.2, 0.25) is 0 Å². The first-order chi connectivity index (χ1) is 14.7. The molecule has 1 aromatic heterocycles. The Morgan fingerprint density at radius 3 is 2.80 bits per heavy atom. The van der Waals surface area contributed by atoms with E-state index >= 15 is 0 Å². The van der Waals surface area contributed by atoms with Gasteiger partial charge in [0.1, 0.15) is 6.54 Å². The fraction of sp³-hybridized carbons (Fsp3) is 0.522. The van der Waals surface area contributed by atoms with Crippen molar-refractivity contribution in [1.29, 1.82) is 0 Å². The average molecular weight is 410 g/mol. The Balaban J connectivity index is 1.33. The molecule has 1 saturated carbocycles. The minimum absolute atomic E-state index is 0.220. The van der Waals surface area contributed by atoms with Gasteiger partial charge in [0.15, 0.2) is 11.7 Å². The average Bonchev–Trinajstić information content (AvgIpc) is 3.54. The van der Waals surface area contributed by atoms with E-state index in [4.69, 9.17) is 4.42 Å². The SMILES string of the molecule is CCNC(=NCc1ncc(-c2ccccc2)o1)NC1CCN(C(=O)C2CCCC2)C1. The Bertz CT molecular complexity index is 857. The third-order valence-corrected chi connectivity index (χ3v) is 5.87. The van der Waals surface area contributed by atoms with Crippen molar-refractivity contribution in [3.8, 4) is 11.3 Å². The maximum atomic E-state index is 12.7. The predicted molar refractivity (Wildman–Crippen MR) is 117 cm³/mol. The molecular formula is C23H31N5O2. The largest absolute Gasteiger partial charge is 0.439 e. The van der Waals surface area contributed by atoms with Crippen LogP contribution in [0.3, 0.4) is 0 Å². The van der Waals surface area contributed by atoms with Crippen LogP contribution in [0.5, 0.6) is 0 Å². The highest BCUT2D eigenvalue weighted by atomic mass is 16.4. The van der Waals surface area contributed by atoms with Crippen LogP contribution in [0.1, 0.15) is 44.9 Å². The molecule has 2 fully saturated rings. The second-order valence-corrected chi connectivity index (χ2v) is 8.08. The Labute approximate surface area is 178 Å². The van der Waals surface area contributed by atoms with Crippen molar-refractivity contribution in [1.82, 2.24) is 20.5 Å². The number of carbonyl (C=O) groups is 1. The van der Waals surface area contributed by atoms with Crippen LogP contribution in [0.4, 0.5) is 0 Å². The lowest BCUT2D eigenvalue weighted by atomic mass is 10.1. The second-order valence-electron chi connectivity index (χ2n) is 8.08. The van der Waals surface area contributed by atoms with Crippen LogP contribution in [-0.4, -0.2) is 47.4 Å². The van der Waals surface area contributed by atoms with Gasteiger partial charge < -0.3 is 20.0 Å². The molecule has 1 atom stereocenters. The molecule has 0 spiro atoms. The summed E-state index contributed by atoms with van der Waals surface area (Å²) in [6.07, 6.45) is 7.17. The van der Waals surface area contributed by atoms with Crippen molar-refractivity contribution in [3.05, 3.63) is 42.4 Å². The lowest BCUT2D eigenvalue weighted by Crippen LogP contribution is -2.45. The maximum absolute atomic E-state index is 12.7. The van der Waals surface area contributed by atoms with E-state index in [9.17, 15) is 4.79 Å². The number of aliphatic imine (C=N–C) groups is 1. The number of guanidine groups is 1. The molecule has 7 heteroatoms. The van der Waals surface area contributed by atoms with Crippen molar-refractivity contribution in [2.45, 2.75) is 51.6 Å². The number of nitrogens with one attached hydrogen (secondary N) is 2. The summed E-state index contributed by atoms with van der Waals surface area (Å²) in [5, 5.41) is 6.76. The molecule has 0 radical (unpaired) electrons. The lowest BCUT2D eigenvalue weighted by molar-refractivity contribution is -0.134. The third kappa shape index (κ3) is 5.01. The first-order valence-electron chi connectivity index (χ1n) is 11.1. The molecule has 7 nitrogen and oxygen atoms in total. The van der Waals surface area contributed by atoms with Gasteiger partial charge >= 0.3 is 0 Å². The summed E-state index contributed by atoms with van der Waals surface area (Å²) < 4.78 is 5.85. The summed E-state index contributed by atoms with van der Waals surface area (Å²) in [4.78, 5) is 23.7. The summed E-state index contributed by atoms with van der Waals surface area (Å²) in [7, 11) is 0. The highest BCUT2D eigenvalue weighted by molar-refractivity contribution is 5.81. The van der Waals surface area contributed by atoms with Crippen LogP contribution in [0.15, 0.2) is 45.9 Å². The van der Waals surface area contributed by atoms with Gasteiger partial charge in [-0.25, -0.2) is 9.98 Å². The third-order valence-electron chi connectivity index (χ3n) is 5.87. The first-order valence-corrected chi connectivity index (χ1v) is 11.1. The molecule has 2 aromatic rings. The summed E-state index contributed by atoms with van der Waals surface area (Å²) in [6.45, 7) is 4.74. The van der Waals surface area contributed by atoms with Crippen LogP contribution < -0.4 is 10.6 Å². The zero-order valence-electron chi connectivity index (χ0n) is 17.6. The number of benzene rings is 1. The smallest absolute Gasteiger partial charge is 0.225 e. The van der Waals surface area contributed by atoms with Crippen molar-refractivity contribution in [2.24, 2.45) is 10.9 Å². The van der Waals surface area contributed by atoms with Crippen molar-refractivity contribution < 1.29 is 9.21 Å². The van der Waals surface area contributed by atoms with Gasteiger partial charge in [-0.2, -0.15) is 0 Å². The Morgan fingerprint density at radius 1 is 1.23 bits per heavy atom. The minimum atomic E-state index is 0.220. The van der Waals surface area contributed by atoms with Gasteiger partial charge in [-0.3, -0.25) is 4.79 Å². The van der Waals surface area contributed by atoms with Crippen LogP contribution >= 0.6 is 0 Å². The van der Waals surface area contributed by atoms with Gasteiger partial charge in [-0.1, -0.05) is 43.2 Å². The molecule has 1 amide bonds. The number of nitrogens with zero attached hydrogens (tertiary/aromatic N) is 3. The van der Waals surface area contributed by atoms with E-state index in [0.717, 1.165) is 56.2 Å². The summed E-state index contributed by atoms with van der Waals surface area (Å²) in [5.74, 6) is 2.64. The zero-order valence-corrected chi connectivity index (χ0v) is 17.6. The topological polar surface area (TPSA) is 82.8 Å². The molecule has 1 aliphatic heterocycles. The highest BCUT2D eigenvalue weighted by Crippen LogP contribution is 2.28. The molecular weight excluding hydrogens is 378 g/mol. The highest BCUT2D eigenvalue weighted by Gasteiger charge is 2.32. The normalized spacial score (nSPS) is 20.0. The number of hydrogen-bond donors (Lipinski definition) is 2. The fourth-order valence-corrected chi connectivity index (χ4v) is 4.29. The molecule has 160 valence electrons. The van der Waals surface area contributed by atoms with Gasteiger partial charge in [0.25, 0.3) is 0 Å². The monoisotopic (exact) mass is 409 g/mol. The van der Waals surface area contributed by atoms with E-state index in [2.05, 4.69) is 20.6 Å². The number of aromatic nitrogens is 1. The summed E-state index contributed by atoms with van der Waals surface area (Å²) >= 11 is 0. The van der Waals surface area contributed by atoms with Gasteiger partial charge in [0, 0.05) is 37.2 Å². The van der Waals surface area contributed by atoms with E-state index in [1.165, 1.54) is 12.8 Å². The molecule has 1 aliphatic carbocycles. The van der Waals surface area contributed by atoms with E-state index in [-0.39, 0.29) is 12.0 Å². The predicted octanol–water partition coefficient (Wildman–Crippen LogP) is 3.19. The standard InChI is InChI=1S/C23H31N5O2/c1-2-24-23(26-15-21-25-14-20(30-21)17-8-4-3-5-9-17)27-19-12-13-28(16-19)22(29)18-10-6-7-11-18/h3-5,8-9,14,18-19H,2,6-7,10-13,15-16H2,1H3,(H2,24,26,27). The van der Waals surface area contributed by atoms with E-state index in [1.807, 2.05) is 42.2 Å². The molecule has 2 aliphatic rings. The Morgan fingerprint density at radius 2 is 2.03 bits per heavy atom. The number of amides is 1. The lowest BCUT2D eigenvalue weighted by Gasteiger charge is -2.21. The number of rotatable bonds is 6. The van der Waals surface area contributed by atoms with Gasteiger partial charge in [-0.05, 0) is 26.2 Å². The van der Waals surface area contributed by atoms with Gasteiger partial charge in [-0.15, -0.1) is 0 Å². The quantitative estimate of drug-likeness (QED) is 0.566. The van der Waals surface area contributed by atoms with Crippen LogP contribution in [0, 0.1) is 5.92 Å². The minimum Gasteiger partial charge on any atom is -0.439 e. The fourth-order valence-electron chi connectivity index (χ4n) is 4.29. The number of hydrogen-bond acceptors (Lipinski definition) is 4. The molecule has 1 saturated heterocycles. The molecule has 1 unspecified atom stereocenters. The van der Waals surface area contributed by atoms with Crippen molar-refractivity contribution in [3.63, 3.8) is 0 Å². The number of carbonyl (C=O) groups excluding carboxylic acids is 1. The molecule has 1 aromatic carbocycles. The van der Waals surface area contributed by atoms with Crippen LogP contribution in [0.25, 0.3) is 11.3 Å².